The van der Waals surface area contributed by atoms with E-state index in [0.29, 0.717) is 12.5 Å². The van der Waals surface area contributed by atoms with Gasteiger partial charge in [-0.3, -0.25) is 4.79 Å². The number of nitrogens with one attached hydrogen (secondary N) is 1. The van der Waals surface area contributed by atoms with E-state index in [1.54, 1.807) is 6.92 Å². The van der Waals surface area contributed by atoms with Crippen LogP contribution in [0.3, 0.4) is 0 Å². The van der Waals surface area contributed by atoms with Crippen LogP contribution in [0.25, 0.3) is 0 Å². The molecule has 244 valence electrons. The number of aliphatic hydroxyl groups excluding tert-OH is 1. The number of aliphatic hydroxyl groups is 1. The molecule has 0 fully saturated rings. The minimum Gasteiger partial charge on any atom is -0.494 e. The van der Waals surface area contributed by atoms with Crippen molar-refractivity contribution in [3.8, 4) is 5.75 Å². The lowest BCUT2D eigenvalue weighted by atomic mass is 9.97. The van der Waals surface area contributed by atoms with Crippen molar-refractivity contribution in [3.63, 3.8) is 0 Å². The Bertz CT molecular complexity index is 1030. The van der Waals surface area contributed by atoms with Gasteiger partial charge in [0.1, 0.15) is 12.5 Å². The summed E-state index contributed by atoms with van der Waals surface area (Å²) >= 11 is 0. The summed E-state index contributed by atoms with van der Waals surface area (Å²) in [4.78, 5) is 20.0. The van der Waals surface area contributed by atoms with Gasteiger partial charge in [-0.15, -0.1) is 6.58 Å². The maximum atomic E-state index is 12.0. The van der Waals surface area contributed by atoms with E-state index < -0.39 is 6.18 Å². The zero-order valence-electron chi connectivity index (χ0n) is 27.5. The monoisotopic (exact) mass is 601 g/mol. The van der Waals surface area contributed by atoms with E-state index in [2.05, 4.69) is 57.4 Å². The predicted octanol–water partition coefficient (Wildman–Crippen LogP) is 9.86. The minimum atomic E-state index is -4.19. The molecule has 0 saturated carbocycles. The standard InChI is InChI=1S/C15H23NO2.C9H12.C4H8.C3H3F3.C2H6O.CH2O.2H2/c1-6-18-14-9-13(8-7-11(14)4)16-15(17)12(5)10(2)3;1-7-4-5-8(2)9(3)6-7;1-4(2)3;1-2-3(4,5)6;1-2-3;1-2;;/h7-10,12H,6H2,1-5H3,(H,16,17);4-6H,1-3H3;1H2,2-3H3;2H,1H2;3H,2H2,1H3;1H2;2*1H/t12-;;;;;;;/m0......./s1. The Labute approximate surface area is 255 Å². The molecule has 0 aliphatic heterocycles. The van der Waals surface area contributed by atoms with Crippen LogP contribution in [0.1, 0.15) is 73.6 Å². The fourth-order valence-electron chi connectivity index (χ4n) is 2.44. The quantitative estimate of drug-likeness (QED) is 0.335. The Balaban J connectivity index is -0.000000117. The van der Waals surface area contributed by atoms with Gasteiger partial charge in [0.25, 0.3) is 0 Å². The first-order valence-corrected chi connectivity index (χ1v) is 13.7. The molecule has 0 heterocycles. The Hall–Kier alpha value is -3.39. The number of halogens is 3. The van der Waals surface area contributed by atoms with Crippen LogP contribution >= 0.6 is 0 Å². The zero-order chi connectivity index (χ0) is 34.1. The molecule has 2 rings (SSSR count). The number of anilines is 1. The van der Waals surface area contributed by atoms with E-state index in [4.69, 9.17) is 14.6 Å². The second kappa shape index (κ2) is 26.5. The van der Waals surface area contributed by atoms with E-state index in [9.17, 15) is 18.0 Å². The number of amides is 1. The van der Waals surface area contributed by atoms with Gasteiger partial charge in [-0.2, -0.15) is 13.2 Å². The fraction of sp³-hybridized carbons (Fsp3) is 0.471. The molecule has 42 heavy (non-hydrogen) atoms. The summed E-state index contributed by atoms with van der Waals surface area (Å²) < 4.78 is 37.5. The Morgan fingerprint density at radius 2 is 1.40 bits per heavy atom. The van der Waals surface area contributed by atoms with Crippen molar-refractivity contribution in [2.75, 3.05) is 18.5 Å². The summed E-state index contributed by atoms with van der Waals surface area (Å²) in [6, 6.07) is 12.2. The molecule has 2 N–H and O–H groups in total. The molecule has 0 unspecified atom stereocenters. The van der Waals surface area contributed by atoms with Crippen LogP contribution < -0.4 is 10.1 Å². The maximum Gasteiger partial charge on any atom is 0.409 e. The highest BCUT2D eigenvalue weighted by atomic mass is 19.4. The van der Waals surface area contributed by atoms with Gasteiger partial charge < -0.3 is 20.0 Å². The van der Waals surface area contributed by atoms with Gasteiger partial charge in [0.05, 0.1) is 6.61 Å². The van der Waals surface area contributed by atoms with Crippen molar-refractivity contribution in [2.24, 2.45) is 11.8 Å². The molecule has 0 aliphatic rings. The summed E-state index contributed by atoms with van der Waals surface area (Å²) in [5.41, 5.74) is 7.14. The Morgan fingerprint density at radius 3 is 1.74 bits per heavy atom. The van der Waals surface area contributed by atoms with Crippen LogP contribution in [0.5, 0.6) is 5.75 Å². The van der Waals surface area contributed by atoms with Crippen molar-refractivity contribution < 1.29 is 35.5 Å². The van der Waals surface area contributed by atoms with E-state index in [1.807, 2.05) is 73.5 Å². The molecule has 5 nitrogen and oxygen atoms in total. The van der Waals surface area contributed by atoms with E-state index in [-0.39, 0.29) is 27.4 Å². The van der Waals surface area contributed by atoms with Gasteiger partial charge in [-0.25, -0.2) is 0 Å². The molecule has 1 atom stereocenters. The first kappa shape index (κ1) is 45.6. The first-order chi connectivity index (χ1) is 19.4. The summed E-state index contributed by atoms with van der Waals surface area (Å²) in [5, 5.41) is 10.5. The Kier molecular flexibility index (Phi) is 28.8. The lowest BCUT2D eigenvalue weighted by Crippen LogP contribution is -2.24. The van der Waals surface area contributed by atoms with Gasteiger partial charge in [-0.05, 0) is 84.1 Å². The number of hydrogen-bond acceptors (Lipinski definition) is 4. The van der Waals surface area contributed by atoms with Gasteiger partial charge in [0, 0.05) is 33.2 Å². The SMILES string of the molecule is C=C(C)C.C=CC(F)(F)F.C=O.CCO.CCOc1cc(NC(=O)[C@@H](C)C(C)C)ccc1C.Cc1ccc(C)c(C)c1.[HH].[HH]. The highest BCUT2D eigenvalue weighted by Gasteiger charge is 2.19. The highest BCUT2D eigenvalue weighted by Crippen LogP contribution is 2.23. The minimum absolute atomic E-state index is 0. The van der Waals surface area contributed by atoms with Crippen LogP contribution in [-0.4, -0.2) is 37.2 Å². The number of allylic oxidation sites excluding steroid dienone is 2. The van der Waals surface area contributed by atoms with Gasteiger partial charge >= 0.3 is 6.18 Å². The molecule has 0 aliphatic carbocycles. The molecule has 2 aromatic rings. The van der Waals surface area contributed by atoms with Gasteiger partial charge in [0.15, 0.2) is 0 Å². The first-order valence-electron chi connectivity index (χ1n) is 13.7. The highest BCUT2D eigenvalue weighted by molar-refractivity contribution is 5.92. The average Bonchev–Trinajstić information content (AvgIpc) is 2.89. The van der Waals surface area contributed by atoms with Crippen LogP contribution in [-0.2, 0) is 9.59 Å². The summed E-state index contributed by atoms with van der Waals surface area (Å²) in [7, 11) is 0. The van der Waals surface area contributed by atoms with Crippen molar-refractivity contribution >= 4 is 18.4 Å². The van der Waals surface area contributed by atoms with Gasteiger partial charge in [-0.1, -0.05) is 62.8 Å². The zero-order valence-corrected chi connectivity index (χ0v) is 27.5. The third kappa shape index (κ3) is 28.1. The number of hydrogen-bond donors (Lipinski definition) is 2. The number of benzene rings is 2. The molecular weight excluding hydrogens is 543 g/mol. The summed E-state index contributed by atoms with van der Waals surface area (Å²) in [6.07, 6.45) is -4.26. The lowest BCUT2D eigenvalue weighted by Gasteiger charge is -2.16. The Morgan fingerprint density at radius 1 is 0.976 bits per heavy atom. The molecule has 8 heteroatoms. The smallest absolute Gasteiger partial charge is 0.409 e. The topological polar surface area (TPSA) is 75.6 Å². The maximum absolute atomic E-state index is 12.0. The van der Waals surface area contributed by atoms with E-state index >= 15 is 0 Å². The van der Waals surface area contributed by atoms with Crippen LogP contribution in [0.4, 0.5) is 18.9 Å². The van der Waals surface area contributed by atoms with Crippen LogP contribution in [0, 0.1) is 39.5 Å². The van der Waals surface area contributed by atoms with Crippen molar-refractivity contribution in [2.45, 2.75) is 82.3 Å². The third-order valence-corrected chi connectivity index (χ3v) is 5.06. The number of alkyl halides is 3. The van der Waals surface area contributed by atoms with Crippen molar-refractivity contribution in [1.82, 2.24) is 0 Å². The number of rotatable bonds is 5. The second-order valence-electron chi connectivity index (χ2n) is 9.79. The number of ether oxygens (including phenoxy) is 1. The number of aryl methyl sites for hydroxylation is 4. The predicted molar refractivity (Wildman–Crippen MR) is 176 cm³/mol. The molecular formula is C34H58F3NO4. The molecule has 0 aromatic heterocycles. The van der Waals surface area contributed by atoms with Crippen molar-refractivity contribution in [1.29, 1.82) is 0 Å². The summed E-state index contributed by atoms with van der Waals surface area (Å²) in [5.74, 6) is 1.22. The molecule has 2 aromatic carbocycles. The van der Waals surface area contributed by atoms with E-state index in [0.717, 1.165) is 17.0 Å². The third-order valence-electron chi connectivity index (χ3n) is 5.06. The molecule has 1 amide bonds. The van der Waals surface area contributed by atoms with Gasteiger partial charge in [0.2, 0.25) is 5.91 Å². The average molecular weight is 602 g/mol. The number of carbonyl (C=O) groups is 2. The largest absolute Gasteiger partial charge is 0.494 e. The fourth-order valence-corrected chi connectivity index (χ4v) is 2.44. The van der Waals surface area contributed by atoms with E-state index in [1.165, 1.54) is 22.3 Å². The van der Waals surface area contributed by atoms with Crippen LogP contribution in [0.2, 0.25) is 0 Å². The number of carbonyl (C=O) groups excluding carboxylic acids is 2. The summed E-state index contributed by atoms with van der Waals surface area (Å²) in [6.45, 7) is 30.9. The van der Waals surface area contributed by atoms with Crippen LogP contribution in [0.15, 0.2) is 61.2 Å². The molecule has 0 bridgehead atoms. The molecule has 0 saturated heterocycles. The molecule has 0 spiro atoms. The van der Waals surface area contributed by atoms with Crippen molar-refractivity contribution in [3.05, 3.63) is 83.5 Å². The second-order valence-corrected chi connectivity index (χ2v) is 9.79. The lowest BCUT2D eigenvalue weighted by molar-refractivity contribution is -0.120. The normalized spacial score (nSPS) is 10.1. The molecule has 0 radical (unpaired) electrons.